The number of ketones is 1. The Labute approximate surface area is 264 Å². The van der Waals surface area contributed by atoms with Crippen molar-refractivity contribution in [2.24, 2.45) is 5.92 Å². The van der Waals surface area contributed by atoms with Crippen LogP contribution in [0.15, 0.2) is 30.5 Å². The van der Waals surface area contributed by atoms with Gasteiger partial charge in [-0.05, 0) is 44.1 Å². The number of rotatable bonds is 10. The van der Waals surface area contributed by atoms with E-state index in [2.05, 4.69) is 20.9 Å². The second-order valence-corrected chi connectivity index (χ2v) is 12.3. The first-order chi connectivity index (χ1) is 21.2. The maximum atomic E-state index is 14.1. The molecule has 4 amide bonds. The number of pyridine rings is 1. The van der Waals surface area contributed by atoms with Gasteiger partial charge in [0.05, 0.1) is 10.5 Å². The zero-order chi connectivity index (χ0) is 31.8. The van der Waals surface area contributed by atoms with Gasteiger partial charge in [0.25, 0.3) is 0 Å². The molecule has 5 atom stereocenters. The summed E-state index contributed by atoms with van der Waals surface area (Å²) in [5, 5.41) is 9.57. The van der Waals surface area contributed by atoms with Gasteiger partial charge in [0.1, 0.15) is 30.0 Å². The lowest BCUT2D eigenvalue weighted by Gasteiger charge is -2.39. The molecule has 2 aliphatic heterocycles. The molecule has 10 nitrogen and oxygen atoms in total. The Hall–Kier alpha value is -3.53. The van der Waals surface area contributed by atoms with E-state index in [4.69, 9.17) is 11.6 Å². The first-order valence-electron chi connectivity index (χ1n) is 15.9. The van der Waals surface area contributed by atoms with E-state index in [0.717, 1.165) is 12.8 Å². The number of hydrogen-bond acceptors (Lipinski definition) is 6. The Morgan fingerprint density at radius 1 is 1.00 bits per heavy atom. The van der Waals surface area contributed by atoms with Crippen LogP contribution in [0.4, 0.5) is 0 Å². The van der Waals surface area contributed by atoms with Gasteiger partial charge >= 0.3 is 0 Å². The lowest BCUT2D eigenvalue weighted by molar-refractivity contribution is -0.147. The minimum absolute atomic E-state index is 0.189. The molecular weight excluding hydrogens is 582 g/mol. The van der Waals surface area contributed by atoms with Crippen LogP contribution in [0.25, 0.3) is 10.9 Å². The van der Waals surface area contributed by atoms with Gasteiger partial charge in [0.2, 0.25) is 23.6 Å². The van der Waals surface area contributed by atoms with Crippen molar-refractivity contribution < 1.29 is 24.0 Å². The molecule has 11 heteroatoms. The first-order valence-corrected chi connectivity index (χ1v) is 16.3. The molecule has 44 heavy (non-hydrogen) atoms. The largest absolute Gasteiger partial charge is 0.343 e. The maximum absolute atomic E-state index is 14.1. The highest BCUT2D eigenvalue weighted by molar-refractivity contribution is 6.36. The van der Waals surface area contributed by atoms with E-state index in [0.29, 0.717) is 74.4 Å². The molecule has 0 saturated carbocycles. The highest BCUT2D eigenvalue weighted by Gasteiger charge is 2.41. The molecular formula is C33H44ClN5O5. The van der Waals surface area contributed by atoms with Crippen molar-refractivity contribution in [1.29, 1.82) is 0 Å². The molecule has 0 radical (unpaired) electrons. The fraction of sp³-hybridized carbons (Fsp3) is 0.576. The highest BCUT2D eigenvalue weighted by atomic mass is 35.5. The minimum atomic E-state index is -1.26. The number of nitrogens with zero attached hydrogens (tertiary/aromatic N) is 2. The van der Waals surface area contributed by atoms with Crippen LogP contribution in [0.2, 0.25) is 5.02 Å². The van der Waals surface area contributed by atoms with Crippen molar-refractivity contribution >= 4 is 51.9 Å². The summed E-state index contributed by atoms with van der Waals surface area (Å²) in [4.78, 5) is 73.5. The summed E-state index contributed by atoms with van der Waals surface area (Å²) in [6.45, 7) is 6.05. The number of unbranched alkanes of at least 4 members (excludes halogenated alkanes) is 2. The van der Waals surface area contributed by atoms with Crippen LogP contribution in [-0.4, -0.2) is 64.0 Å². The zero-order valence-electron chi connectivity index (χ0n) is 25.9. The van der Waals surface area contributed by atoms with Crippen molar-refractivity contribution in [2.45, 2.75) is 109 Å². The van der Waals surface area contributed by atoms with E-state index in [-0.39, 0.29) is 28.5 Å². The summed E-state index contributed by atoms with van der Waals surface area (Å²) >= 11 is 6.83. The molecule has 0 spiro atoms. The molecule has 2 fully saturated rings. The molecule has 2 saturated heterocycles. The molecule has 0 aliphatic carbocycles. The van der Waals surface area contributed by atoms with Gasteiger partial charge in [-0.25, -0.2) is 0 Å². The summed E-state index contributed by atoms with van der Waals surface area (Å²) in [6.07, 6.45) is 7.37. The number of piperidine rings is 1. The fourth-order valence-corrected chi connectivity index (χ4v) is 6.30. The average molecular weight is 626 g/mol. The van der Waals surface area contributed by atoms with Gasteiger partial charge in [-0.3, -0.25) is 29.0 Å². The van der Waals surface area contributed by atoms with E-state index in [1.165, 1.54) is 6.20 Å². The van der Waals surface area contributed by atoms with Crippen molar-refractivity contribution in [3.63, 3.8) is 0 Å². The fourth-order valence-electron chi connectivity index (χ4n) is 5.98. The van der Waals surface area contributed by atoms with E-state index in [9.17, 15) is 24.0 Å². The van der Waals surface area contributed by atoms with Gasteiger partial charge in [-0.15, -0.1) is 0 Å². The predicted molar refractivity (Wildman–Crippen MR) is 169 cm³/mol. The number of halogens is 1. The van der Waals surface area contributed by atoms with E-state index in [1.807, 2.05) is 32.9 Å². The van der Waals surface area contributed by atoms with Gasteiger partial charge in [0, 0.05) is 36.5 Å². The van der Waals surface area contributed by atoms with Gasteiger partial charge in [0.15, 0.2) is 0 Å². The first kappa shape index (κ1) is 33.4. The van der Waals surface area contributed by atoms with Crippen LogP contribution < -0.4 is 16.0 Å². The molecule has 2 aliphatic rings. The Morgan fingerprint density at radius 3 is 2.52 bits per heavy atom. The summed E-state index contributed by atoms with van der Waals surface area (Å²) in [7, 11) is 0. The number of Topliss-reactive ketones (excluding diaryl/α,β-unsaturated/α-hetero) is 1. The van der Waals surface area contributed by atoms with Crippen LogP contribution in [0, 0.1) is 5.92 Å². The Kier molecular flexibility index (Phi) is 11.7. The van der Waals surface area contributed by atoms with Crippen LogP contribution in [0.1, 0.15) is 96.6 Å². The zero-order valence-corrected chi connectivity index (χ0v) is 26.6. The SMILES string of the molecule is CCC(=O)CCCCC[C@@H]1NC(=O)[C@H]2CCCCN2C(=O)[C@H]([C@H](C)CC)NC(=O)[C@@H](c2cnc3ccccc3c2Cl)NC1=O. The van der Waals surface area contributed by atoms with Crippen molar-refractivity contribution in [1.82, 2.24) is 25.8 Å². The third kappa shape index (κ3) is 7.75. The van der Waals surface area contributed by atoms with E-state index < -0.39 is 36.0 Å². The highest BCUT2D eigenvalue weighted by Crippen LogP contribution is 2.31. The van der Waals surface area contributed by atoms with Gasteiger partial charge in [-0.2, -0.15) is 0 Å². The molecule has 4 rings (SSSR count). The normalized spacial score (nSPS) is 24.0. The Balaban J connectivity index is 1.71. The third-order valence-electron chi connectivity index (χ3n) is 8.94. The molecule has 1 aromatic heterocycles. The standard InChI is InChI=1S/C33H44ClN5O5/c1-4-20(3)28-33(44)39-18-12-11-17-26(39)31(42)36-25(16-8-6-7-13-21(40)5-2)30(41)38-29(32(43)37-28)23-19-35-24-15-10-9-14-22(24)27(23)34/h9-10,14-15,19-20,25-26,28-29H,4-8,11-13,16-18H2,1-3H3,(H,36,42)(H,37,43)(H,38,41)/t20-,25+,26-,28+,29-/m1/s1. The van der Waals surface area contributed by atoms with Crippen LogP contribution in [0.3, 0.4) is 0 Å². The lowest BCUT2D eigenvalue weighted by atomic mass is 9.93. The Morgan fingerprint density at radius 2 is 1.77 bits per heavy atom. The number of amides is 4. The number of carbonyl (C=O) groups is 5. The predicted octanol–water partition coefficient (Wildman–Crippen LogP) is 4.39. The molecule has 238 valence electrons. The molecule has 2 aromatic rings. The number of para-hydroxylation sites is 1. The van der Waals surface area contributed by atoms with Gasteiger partial charge in [-0.1, -0.05) is 69.8 Å². The third-order valence-corrected chi connectivity index (χ3v) is 9.36. The summed E-state index contributed by atoms with van der Waals surface area (Å²) in [6, 6.07) is 3.40. The molecule has 3 N–H and O–H groups in total. The average Bonchev–Trinajstić information content (AvgIpc) is 3.04. The number of carbonyl (C=O) groups excluding carboxylic acids is 5. The number of benzene rings is 1. The maximum Gasteiger partial charge on any atom is 0.248 e. The summed E-state index contributed by atoms with van der Waals surface area (Å²) in [5.41, 5.74) is 0.930. The molecule has 0 bridgehead atoms. The van der Waals surface area contributed by atoms with Crippen LogP contribution in [0.5, 0.6) is 0 Å². The van der Waals surface area contributed by atoms with Gasteiger partial charge < -0.3 is 20.9 Å². The van der Waals surface area contributed by atoms with Crippen molar-refractivity contribution in [3.8, 4) is 0 Å². The molecule has 3 heterocycles. The molecule has 1 aromatic carbocycles. The van der Waals surface area contributed by atoms with E-state index in [1.54, 1.807) is 17.0 Å². The van der Waals surface area contributed by atoms with Crippen LogP contribution >= 0.6 is 11.6 Å². The summed E-state index contributed by atoms with van der Waals surface area (Å²) in [5.74, 6) is -1.83. The monoisotopic (exact) mass is 625 g/mol. The quantitative estimate of drug-likeness (QED) is 0.335. The number of nitrogens with one attached hydrogen (secondary N) is 3. The van der Waals surface area contributed by atoms with Crippen LogP contribution in [-0.2, 0) is 24.0 Å². The second-order valence-electron chi connectivity index (χ2n) is 12.0. The Bertz CT molecular complexity index is 1380. The second kappa shape index (κ2) is 15.5. The summed E-state index contributed by atoms with van der Waals surface area (Å²) < 4.78 is 0. The minimum Gasteiger partial charge on any atom is -0.343 e. The van der Waals surface area contributed by atoms with Crippen molar-refractivity contribution in [2.75, 3.05) is 6.54 Å². The number of hydrogen-bond donors (Lipinski definition) is 3. The number of aromatic nitrogens is 1. The number of fused-ring (bicyclic) bond motifs is 2. The molecule has 0 unspecified atom stereocenters. The topological polar surface area (TPSA) is 138 Å². The van der Waals surface area contributed by atoms with Crippen molar-refractivity contribution in [3.05, 3.63) is 41.0 Å². The smallest absolute Gasteiger partial charge is 0.248 e. The lowest BCUT2D eigenvalue weighted by Crippen LogP contribution is -2.62. The van der Waals surface area contributed by atoms with E-state index >= 15 is 0 Å².